The van der Waals surface area contributed by atoms with Crippen LogP contribution in [0, 0.1) is 0 Å². The van der Waals surface area contributed by atoms with Gasteiger partial charge >= 0.3 is 0 Å². The molecule has 0 bridgehead atoms. The quantitative estimate of drug-likeness (QED) is 0.185. The molecule has 0 unspecified atom stereocenters. The molecule has 11 heteroatoms. The summed E-state index contributed by atoms with van der Waals surface area (Å²) in [7, 11) is 0. The Labute approximate surface area is 182 Å². The average Bonchev–Trinajstić information content (AvgIpc) is 2.76. The van der Waals surface area contributed by atoms with Crippen molar-refractivity contribution in [3.05, 3.63) is 0 Å². The maximum absolute atomic E-state index is 10.3. The summed E-state index contributed by atoms with van der Waals surface area (Å²) in [4.78, 5) is 0. The molecule has 0 aromatic heterocycles. The summed E-state index contributed by atoms with van der Waals surface area (Å²) >= 11 is 0. The lowest BCUT2D eigenvalue weighted by Crippen LogP contribution is -2.63. The number of hydrogen-bond donors (Lipinski definition) is 6. The average molecular weight is 455 g/mol. The van der Waals surface area contributed by atoms with Crippen molar-refractivity contribution in [2.75, 3.05) is 26.4 Å². The van der Waals surface area contributed by atoms with Crippen molar-refractivity contribution < 1.29 is 54.3 Å². The highest BCUT2D eigenvalue weighted by atomic mass is 16.8. The van der Waals surface area contributed by atoms with Crippen LogP contribution in [0.3, 0.4) is 0 Å². The minimum Gasteiger partial charge on any atom is -0.387 e. The second kappa shape index (κ2) is 13.3. The van der Waals surface area contributed by atoms with Gasteiger partial charge in [-0.05, 0) is 12.8 Å². The molecule has 2 aliphatic rings. The molecule has 184 valence electrons. The van der Waals surface area contributed by atoms with Gasteiger partial charge in [0, 0.05) is 13.2 Å². The molecule has 10 atom stereocenters. The van der Waals surface area contributed by atoms with Gasteiger partial charge in [0.25, 0.3) is 0 Å². The Hall–Kier alpha value is -0.440. The van der Waals surface area contributed by atoms with E-state index in [1.807, 2.05) is 13.8 Å². The lowest BCUT2D eigenvalue weighted by Gasteiger charge is -2.45. The topological polar surface area (TPSA) is 168 Å². The molecule has 0 aliphatic carbocycles. The van der Waals surface area contributed by atoms with Crippen LogP contribution in [0.2, 0.25) is 0 Å². The molecular weight excluding hydrogens is 416 g/mol. The standard InChI is InChI=1S/C20H38O11/c1-3-5-7-27-9-11-13(21)15(23)17(25)19(29-11)31-20-18(26)16(24)14(22)12(30-20)10-28-8-6-4-2/h11-26H,3-10H2,1-2H3/t11-,12-,13-,14-,15+,16+,17-,18-,19-,20-/m1/s1. The predicted octanol–water partition coefficient (Wildman–Crippen LogP) is -1.75. The van der Waals surface area contributed by atoms with Crippen LogP contribution in [0.5, 0.6) is 0 Å². The second-order valence-electron chi connectivity index (χ2n) is 8.02. The third-order valence-electron chi connectivity index (χ3n) is 5.45. The second-order valence-corrected chi connectivity index (χ2v) is 8.02. The summed E-state index contributed by atoms with van der Waals surface area (Å²) in [6.07, 6.45) is -10.7. The van der Waals surface area contributed by atoms with Crippen molar-refractivity contribution in [3.63, 3.8) is 0 Å². The third kappa shape index (κ3) is 7.27. The first-order chi connectivity index (χ1) is 14.8. The highest BCUT2D eigenvalue weighted by Crippen LogP contribution is 2.28. The third-order valence-corrected chi connectivity index (χ3v) is 5.45. The molecule has 31 heavy (non-hydrogen) atoms. The molecule has 0 aromatic rings. The highest BCUT2D eigenvalue weighted by Gasteiger charge is 2.49. The lowest BCUT2D eigenvalue weighted by molar-refractivity contribution is -0.377. The fraction of sp³-hybridized carbons (Fsp3) is 1.00. The first-order valence-electron chi connectivity index (χ1n) is 11.0. The summed E-state index contributed by atoms with van der Waals surface area (Å²) in [5.74, 6) is 0. The van der Waals surface area contributed by atoms with Gasteiger partial charge in [-0.3, -0.25) is 0 Å². The van der Waals surface area contributed by atoms with Crippen LogP contribution in [-0.4, -0.2) is 118 Å². The SMILES string of the molecule is CCCCOC[C@H]1O[C@H](O[C@H]2O[C@H](COCCCC)[C@@H](O)[C@H](O)[C@H]2O)[C@H](O)[C@@H](O)[C@@H]1O. The predicted molar refractivity (Wildman–Crippen MR) is 106 cm³/mol. The van der Waals surface area contributed by atoms with Gasteiger partial charge in [-0.2, -0.15) is 0 Å². The smallest absolute Gasteiger partial charge is 0.189 e. The molecular formula is C20H38O11. The molecule has 2 saturated heterocycles. The van der Waals surface area contributed by atoms with E-state index in [1.54, 1.807) is 0 Å². The first-order valence-corrected chi connectivity index (χ1v) is 11.0. The summed E-state index contributed by atoms with van der Waals surface area (Å²) < 4.78 is 27.5. The Kier molecular flexibility index (Phi) is 11.5. The van der Waals surface area contributed by atoms with Gasteiger partial charge in [-0.1, -0.05) is 26.7 Å². The minimum atomic E-state index is -1.64. The summed E-state index contributed by atoms with van der Waals surface area (Å²) in [6.45, 7) is 4.83. The molecule has 0 aromatic carbocycles. The zero-order chi connectivity index (χ0) is 23.0. The largest absolute Gasteiger partial charge is 0.387 e. The maximum Gasteiger partial charge on any atom is 0.189 e. The number of rotatable bonds is 12. The number of hydrogen-bond acceptors (Lipinski definition) is 11. The molecule has 2 fully saturated rings. The Morgan fingerprint density at radius 1 is 0.581 bits per heavy atom. The lowest BCUT2D eigenvalue weighted by atomic mass is 9.98. The Balaban J connectivity index is 1.98. The summed E-state index contributed by atoms with van der Waals surface area (Å²) in [6, 6.07) is 0. The first kappa shape index (κ1) is 26.8. The Morgan fingerprint density at radius 3 is 1.32 bits per heavy atom. The molecule has 0 amide bonds. The van der Waals surface area contributed by atoms with E-state index in [2.05, 4.69) is 0 Å². The molecule has 6 N–H and O–H groups in total. The van der Waals surface area contributed by atoms with E-state index in [0.717, 1.165) is 25.7 Å². The molecule has 2 rings (SSSR count). The van der Waals surface area contributed by atoms with E-state index >= 15 is 0 Å². The zero-order valence-electron chi connectivity index (χ0n) is 18.2. The highest BCUT2D eigenvalue weighted by molar-refractivity contribution is 4.92. The van der Waals surface area contributed by atoms with Gasteiger partial charge in [0.15, 0.2) is 12.6 Å². The maximum atomic E-state index is 10.3. The van der Waals surface area contributed by atoms with E-state index in [-0.39, 0.29) is 13.2 Å². The van der Waals surface area contributed by atoms with Crippen molar-refractivity contribution in [1.29, 1.82) is 0 Å². The van der Waals surface area contributed by atoms with Crippen molar-refractivity contribution in [3.8, 4) is 0 Å². The van der Waals surface area contributed by atoms with Crippen LogP contribution < -0.4 is 0 Å². The van der Waals surface area contributed by atoms with Crippen molar-refractivity contribution >= 4 is 0 Å². The molecule has 2 heterocycles. The summed E-state index contributed by atoms with van der Waals surface area (Å²) in [5.41, 5.74) is 0. The number of ether oxygens (including phenoxy) is 5. The number of aliphatic hydroxyl groups excluding tert-OH is 6. The number of aliphatic hydroxyl groups is 6. The Bertz CT molecular complexity index is 454. The van der Waals surface area contributed by atoms with E-state index < -0.39 is 61.4 Å². The molecule has 0 saturated carbocycles. The van der Waals surface area contributed by atoms with Crippen LogP contribution in [-0.2, 0) is 23.7 Å². The van der Waals surface area contributed by atoms with Gasteiger partial charge in [-0.15, -0.1) is 0 Å². The van der Waals surface area contributed by atoms with Gasteiger partial charge in [-0.25, -0.2) is 0 Å². The van der Waals surface area contributed by atoms with E-state index in [4.69, 9.17) is 23.7 Å². The van der Waals surface area contributed by atoms with Crippen molar-refractivity contribution in [1.82, 2.24) is 0 Å². The molecule has 11 nitrogen and oxygen atoms in total. The fourth-order valence-corrected chi connectivity index (χ4v) is 3.36. The fourth-order valence-electron chi connectivity index (χ4n) is 3.36. The van der Waals surface area contributed by atoms with Crippen molar-refractivity contribution in [2.24, 2.45) is 0 Å². The van der Waals surface area contributed by atoms with E-state index in [9.17, 15) is 30.6 Å². The van der Waals surface area contributed by atoms with E-state index in [0.29, 0.717) is 13.2 Å². The van der Waals surface area contributed by atoms with Crippen LogP contribution in [0.1, 0.15) is 39.5 Å². The van der Waals surface area contributed by atoms with Crippen LogP contribution >= 0.6 is 0 Å². The van der Waals surface area contributed by atoms with Gasteiger partial charge in [0.05, 0.1) is 13.2 Å². The monoisotopic (exact) mass is 454 g/mol. The van der Waals surface area contributed by atoms with Gasteiger partial charge in [0.2, 0.25) is 0 Å². The minimum absolute atomic E-state index is 0.0336. The molecule has 2 aliphatic heterocycles. The van der Waals surface area contributed by atoms with Crippen LogP contribution in [0.15, 0.2) is 0 Å². The van der Waals surface area contributed by atoms with Gasteiger partial charge in [0.1, 0.15) is 48.8 Å². The number of unbranched alkanes of at least 4 members (excludes halogenated alkanes) is 2. The van der Waals surface area contributed by atoms with E-state index in [1.165, 1.54) is 0 Å². The van der Waals surface area contributed by atoms with Crippen LogP contribution in [0.4, 0.5) is 0 Å². The van der Waals surface area contributed by atoms with Crippen molar-refractivity contribution in [2.45, 2.75) is 101 Å². The molecule has 0 spiro atoms. The Morgan fingerprint density at radius 2 is 0.968 bits per heavy atom. The molecule has 0 radical (unpaired) electrons. The van der Waals surface area contributed by atoms with Gasteiger partial charge < -0.3 is 54.3 Å². The van der Waals surface area contributed by atoms with Crippen LogP contribution in [0.25, 0.3) is 0 Å². The zero-order valence-corrected chi connectivity index (χ0v) is 18.2. The summed E-state index contributed by atoms with van der Waals surface area (Å²) in [5, 5.41) is 61.2. The normalized spacial score (nSPS) is 41.4.